The van der Waals surface area contributed by atoms with Crippen molar-refractivity contribution in [3.8, 4) is 0 Å². The van der Waals surface area contributed by atoms with E-state index in [1.807, 2.05) is 0 Å². The van der Waals surface area contributed by atoms with Crippen LogP contribution >= 0.6 is 21.0 Å². The van der Waals surface area contributed by atoms with Crippen molar-refractivity contribution in [2.24, 2.45) is 8.94 Å². The summed E-state index contributed by atoms with van der Waals surface area (Å²) in [4.78, 5) is 0. The molecule has 64 valence electrons. The highest BCUT2D eigenvalue weighted by molar-refractivity contribution is 14.2. The zero-order chi connectivity index (χ0) is 8.48. The predicted molar refractivity (Wildman–Crippen MR) is 44.7 cm³/mol. The first-order valence-corrected chi connectivity index (χ1v) is 4.70. The number of rotatable bonds is 1. The number of nitrogens with zero attached hydrogens (tertiary/aromatic N) is 1. The maximum Gasteiger partial charge on any atom is 0.438 e. The fourth-order valence-corrected chi connectivity index (χ4v) is 2.02. The summed E-state index contributed by atoms with van der Waals surface area (Å²) < 4.78 is 38.7. The summed E-state index contributed by atoms with van der Waals surface area (Å²) >= 11 is -1.27. The van der Waals surface area contributed by atoms with Gasteiger partial charge in [0.05, 0.1) is 27.5 Å². The van der Waals surface area contributed by atoms with Crippen LogP contribution < -0.4 is 11.1 Å². The minimum absolute atomic E-state index is 0.0410. The second-order valence-corrected chi connectivity index (χ2v) is 3.80. The molecule has 0 aromatic carbocycles. The van der Waals surface area contributed by atoms with Gasteiger partial charge >= 0.3 is 6.18 Å². The molecule has 3 nitrogen and oxygen atoms in total. The van der Waals surface area contributed by atoms with Crippen LogP contribution in [0.5, 0.6) is 0 Å². The van der Waals surface area contributed by atoms with Crippen LogP contribution in [-0.4, -0.2) is 22.2 Å². The molecule has 0 fully saturated rings. The quantitative estimate of drug-likeness (QED) is 0.688. The van der Waals surface area contributed by atoms with E-state index in [0.29, 0.717) is 0 Å². The SMILES string of the molecule is NCC1=NI=C(C(F)(F)F)N1. The Bertz CT molecular complexity index is 219. The van der Waals surface area contributed by atoms with Gasteiger partial charge in [0, 0.05) is 0 Å². The topological polar surface area (TPSA) is 50.4 Å². The number of hydrogen-bond acceptors (Lipinski definition) is 3. The Morgan fingerprint density at radius 1 is 1.55 bits per heavy atom. The van der Waals surface area contributed by atoms with E-state index in [9.17, 15) is 13.2 Å². The summed E-state index contributed by atoms with van der Waals surface area (Å²) in [6, 6.07) is 0. The molecule has 0 aliphatic carbocycles. The molecular weight excluding hydrogens is 274 g/mol. The number of nitrogens with one attached hydrogen (secondary N) is 1. The van der Waals surface area contributed by atoms with Crippen LogP contribution in [0.15, 0.2) is 3.21 Å². The summed E-state index contributed by atoms with van der Waals surface area (Å²) in [7, 11) is 0. The third kappa shape index (κ3) is 2.12. The average molecular weight is 279 g/mol. The lowest BCUT2D eigenvalue weighted by Gasteiger charge is -2.07. The van der Waals surface area contributed by atoms with E-state index >= 15 is 0 Å². The van der Waals surface area contributed by atoms with E-state index in [-0.39, 0.29) is 12.4 Å². The highest BCUT2D eigenvalue weighted by Crippen LogP contribution is 2.24. The molecule has 0 saturated heterocycles. The molecule has 0 bridgehead atoms. The smallest absolute Gasteiger partial charge is 0.332 e. The molecule has 1 aliphatic rings. The standard InChI is InChI=1S/C4H5F3IN3/c5-4(6,7)3-8-11-2(1-9)10-3/h1,9H2,(H,10,11). The van der Waals surface area contributed by atoms with E-state index < -0.39 is 30.8 Å². The largest absolute Gasteiger partial charge is 0.438 e. The Morgan fingerprint density at radius 2 is 2.18 bits per heavy atom. The van der Waals surface area contributed by atoms with E-state index in [2.05, 4.69) is 8.52 Å². The molecule has 3 N–H and O–H groups in total. The first kappa shape index (κ1) is 8.91. The molecule has 1 heterocycles. The van der Waals surface area contributed by atoms with E-state index in [4.69, 9.17) is 5.73 Å². The van der Waals surface area contributed by atoms with Gasteiger partial charge in [-0.15, -0.1) is 0 Å². The van der Waals surface area contributed by atoms with Crippen molar-refractivity contribution in [2.75, 3.05) is 6.54 Å². The lowest BCUT2D eigenvalue weighted by atomic mass is 10.5. The minimum atomic E-state index is -4.26. The average Bonchev–Trinajstić information content (AvgIpc) is 2.32. The second kappa shape index (κ2) is 3.05. The lowest BCUT2D eigenvalue weighted by molar-refractivity contribution is -0.0578. The summed E-state index contributed by atoms with van der Waals surface area (Å²) in [5.41, 5.74) is 5.08. The maximum absolute atomic E-state index is 11.9. The zero-order valence-corrected chi connectivity index (χ0v) is 7.40. The highest BCUT2D eigenvalue weighted by Gasteiger charge is 2.37. The molecule has 0 atom stereocenters. The van der Waals surface area contributed by atoms with Crippen molar-refractivity contribution < 1.29 is 13.2 Å². The van der Waals surface area contributed by atoms with Crippen LogP contribution in [0.4, 0.5) is 13.2 Å². The molecule has 0 aromatic rings. The van der Waals surface area contributed by atoms with Crippen LogP contribution in [0.1, 0.15) is 0 Å². The Labute approximate surface area is 71.0 Å². The van der Waals surface area contributed by atoms with Crippen LogP contribution in [0.25, 0.3) is 0 Å². The fraction of sp³-hybridized carbons (Fsp3) is 0.500. The van der Waals surface area contributed by atoms with Crippen molar-refractivity contribution in [3.63, 3.8) is 0 Å². The van der Waals surface area contributed by atoms with Gasteiger partial charge in [0.1, 0.15) is 5.84 Å². The monoisotopic (exact) mass is 279 g/mol. The fourth-order valence-electron chi connectivity index (χ4n) is 0.467. The van der Waals surface area contributed by atoms with Crippen LogP contribution in [0, 0.1) is 0 Å². The summed E-state index contributed by atoms with van der Waals surface area (Å²) in [6.07, 6.45) is -4.26. The molecular formula is C4H5F3IN3. The third-order valence-electron chi connectivity index (χ3n) is 0.925. The molecule has 0 saturated carbocycles. The molecule has 7 heteroatoms. The Hall–Kier alpha value is -0.180. The van der Waals surface area contributed by atoms with Gasteiger partial charge < -0.3 is 11.1 Å². The first-order chi connectivity index (χ1) is 5.04. The van der Waals surface area contributed by atoms with Crippen LogP contribution in [-0.2, 0) is 0 Å². The summed E-state index contributed by atoms with van der Waals surface area (Å²) in [5, 5.41) is 2.15. The Morgan fingerprint density at radius 3 is 2.45 bits per heavy atom. The molecule has 0 unspecified atom stereocenters. The van der Waals surface area contributed by atoms with Crippen molar-refractivity contribution in [2.45, 2.75) is 6.18 Å². The lowest BCUT2D eigenvalue weighted by Crippen LogP contribution is -2.39. The maximum atomic E-state index is 11.9. The number of halogens is 4. The van der Waals surface area contributed by atoms with Crippen molar-refractivity contribution in [3.05, 3.63) is 0 Å². The van der Waals surface area contributed by atoms with Gasteiger partial charge in [-0.25, -0.2) is 3.21 Å². The highest BCUT2D eigenvalue weighted by atomic mass is 127. The van der Waals surface area contributed by atoms with Gasteiger partial charge in [-0.3, -0.25) is 0 Å². The Balaban J connectivity index is 2.60. The van der Waals surface area contributed by atoms with E-state index in [1.165, 1.54) is 0 Å². The number of alkyl halides is 3. The normalized spacial score (nSPS) is 18.2. The van der Waals surface area contributed by atoms with Crippen molar-refractivity contribution >= 4 is 30.5 Å². The predicted octanol–water partition coefficient (Wildman–Crippen LogP) is 0.525. The first-order valence-electron chi connectivity index (χ1n) is 2.66. The summed E-state index contributed by atoms with van der Waals surface area (Å²) in [5.74, 6) is 0.241. The number of amidine groups is 1. The van der Waals surface area contributed by atoms with Gasteiger partial charge in [-0.2, -0.15) is 13.2 Å². The molecule has 1 rings (SSSR count). The summed E-state index contributed by atoms with van der Waals surface area (Å²) in [6.45, 7) is 0.0410. The minimum Gasteiger partial charge on any atom is -0.332 e. The van der Waals surface area contributed by atoms with Crippen LogP contribution in [0.3, 0.4) is 0 Å². The Kier molecular flexibility index (Phi) is 2.47. The van der Waals surface area contributed by atoms with Gasteiger partial charge in [0.2, 0.25) is 0 Å². The molecule has 11 heavy (non-hydrogen) atoms. The van der Waals surface area contributed by atoms with Crippen molar-refractivity contribution in [1.29, 1.82) is 0 Å². The third-order valence-corrected chi connectivity index (χ3v) is 3.11. The van der Waals surface area contributed by atoms with E-state index in [0.717, 1.165) is 0 Å². The molecule has 0 amide bonds. The van der Waals surface area contributed by atoms with E-state index in [1.54, 1.807) is 0 Å². The van der Waals surface area contributed by atoms with Gasteiger partial charge in [0.15, 0.2) is 3.63 Å². The molecule has 0 radical (unpaired) electrons. The molecule has 1 aliphatic heterocycles. The number of hydrogen-bond donors (Lipinski definition) is 2. The molecule has 0 spiro atoms. The second-order valence-electron chi connectivity index (χ2n) is 1.76. The molecule has 0 aromatic heterocycles. The van der Waals surface area contributed by atoms with Gasteiger partial charge in [-0.05, 0) is 0 Å². The van der Waals surface area contributed by atoms with Crippen molar-refractivity contribution in [1.82, 2.24) is 5.32 Å². The zero-order valence-electron chi connectivity index (χ0n) is 5.24. The van der Waals surface area contributed by atoms with Gasteiger partial charge in [0.25, 0.3) is 0 Å². The van der Waals surface area contributed by atoms with Gasteiger partial charge in [-0.1, -0.05) is 0 Å². The number of nitrogens with two attached hydrogens (primary N) is 1. The van der Waals surface area contributed by atoms with Crippen LogP contribution in [0.2, 0.25) is 0 Å².